The topological polar surface area (TPSA) is 60.2 Å². The maximum absolute atomic E-state index is 11.3. The number of hydrogen-bond acceptors (Lipinski definition) is 3. The van der Waals surface area contributed by atoms with Crippen molar-refractivity contribution in [1.29, 1.82) is 0 Å². The molecule has 1 fully saturated rings. The lowest BCUT2D eigenvalue weighted by Crippen LogP contribution is -2.36. The summed E-state index contributed by atoms with van der Waals surface area (Å²) >= 11 is 0. The third kappa shape index (κ3) is 2.20. The SMILES string of the molecule is CS(=O)(=O)C1CCCCC1CN. The average Bonchev–Trinajstić information content (AvgIpc) is 2.03. The molecule has 0 saturated heterocycles. The summed E-state index contributed by atoms with van der Waals surface area (Å²) in [5.41, 5.74) is 5.53. The molecule has 1 aliphatic carbocycles. The molecule has 1 rings (SSSR count). The van der Waals surface area contributed by atoms with E-state index in [4.69, 9.17) is 5.73 Å². The molecule has 72 valence electrons. The Balaban J connectivity index is 2.72. The molecule has 0 bridgehead atoms. The van der Waals surface area contributed by atoms with E-state index < -0.39 is 9.84 Å². The molecule has 0 amide bonds. The fraction of sp³-hybridized carbons (Fsp3) is 1.00. The van der Waals surface area contributed by atoms with Gasteiger partial charge >= 0.3 is 0 Å². The number of rotatable bonds is 2. The van der Waals surface area contributed by atoms with Crippen LogP contribution in [0.3, 0.4) is 0 Å². The second-order valence-electron chi connectivity index (χ2n) is 3.65. The highest BCUT2D eigenvalue weighted by atomic mass is 32.2. The maximum Gasteiger partial charge on any atom is 0.150 e. The van der Waals surface area contributed by atoms with Gasteiger partial charge in [0.05, 0.1) is 5.25 Å². The Bertz CT molecular complexity index is 235. The van der Waals surface area contributed by atoms with Gasteiger partial charge in [-0.3, -0.25) is 0 Å². The zero-order valence-electron chi connectivity index (χ0n) is 7.49. The van der Waals surface area contributed by atoms with Crippen LogP contribution in [0.25, 0.3) is 0 Å². The monoisotopic (exact) mass is 191 g/mol. The smallest absolute Gasteiger partial charge is 0.150 e. The summed E-state index contributed by atoms with van der Waals surface area (Å²) in [6.07, 6.45) is 5.28. The van der Waals surface area contributed by atoms with Crippen molar-refractivity contribution < 1.29 is 8.42 Å². The Kier molecular flexibility index (Phi) is 3.12. The van der Waals surface area contributed by atoms with E-state index in [1.807, 2.05) is 0 Å². The Labute approximate surface area is 74.3 Å². The minimum atomic E-state index is -2.87. The van der Waals surface area contributed by atoms with Crippen molar-refractivity contribution >= 4 is 9.84 Å². The van der Waals surface area contributed by atoms with Gasteiger partial charge in [0, 0.05) is 6.26 Å². The highest BCUT2D eigenvalue weighted by molar-refractivity contribution is 7.91. The Hall–Kier alpha value is -0.0900. The van der Waals surface area contributed by atoms with Gasteiger partial charge in [-0.1, -0.05) is 12.8 Å². The number of hydrogen-bond donors (Lipinski definition) is 1. The lowest BCUT2D eigenvalue weighted by atomic mass is 9.89. The molecule has 0 spiro atoms. The molecule has 0 aromatic heterocycles. The Morgan fingerprint density at radius 2 is 1.92 bits per heavy atom. The van der Waals surface area contributed by atoms with Gasteiger partial charge in [0.15, 0.2) is 9.84 Å². The van der Waals surface area contributed by atoms with Crippen LogP contribution in [0.2, 0.25) is 0 Å². The number of nitrogens with two attached hydrogens (primary N) is 1. The first-order valence-electron chi connectivity index (χ1n) is 4.44. The van der Waals surface area contributed by atoms with Gasteiger partial charge in [-0.25, -0.2) is 8.42 Å². The molecule has 2 N–H and O–H groups in total. The molecule has 0 aliphatic heterocycles. The zero-order chi connectivity index (χ0) is 9.19. The lowest BCUT2D eigenvalue weighted by molar-refractivity contribution is 0.364. The van der Waals surface area contributed by atoms with E-state index in [-0.39, 0.29) is 11.2 Å². The van der Waals surface area contributed by atoms with Gasteiger partial charge in [0.25, 0.3) is 0 Å². The van der Waals surface area contributed by atoms with Gasteiger partial charge in [-0.2, -0.15) is 0 Å². The normalized spacial score (nSPS) is 31.8. The van der Waals surface area contributed by atoms with Crippen LogP contribution in [-0.2, 0) is 9.84 Å². The summed E-state index contributed by atoms with van der Waals surface area (Å²) in [6, 6.07) is 0. The molecular weight excluding hydrogens is 174 g/mol. The summed E-state index contributed by atoms with van der Waals surface area (Å²) in [5.74, 6) is 0.203. The summed E-state index contributed by atoms with van der Waals surface area (Å²) in [4.78, 5) is 0. The van der Waals surface area contributed by atoms with Crippen molar-refractivity contribution in [1.82, 2.24) is 0 Å². The fourth-order valence-corrected chi connectivity index (χ4v) is 3.55. The summed E-state index contributed by atoms with van der Waals surface area (Å²) in [6.45, 7) is 0.512. The van der Waals surface area contributed by atoms with Gasteiger partial charge in [0.2, 0.25) is 0 Å². The predicted octanol–water partition coefficient (Wildman–Crippen LogP) is 0.549. The molecule has 0 radical (unpaired) electrons. The van der Waals surface area contributed by atoms with Crippen LogP contribution in [0, 0.1) is 5.92 Å². The highest BCUT2D eigenvalue weighted by Gasteiger charge is 2.31. The largest absolute Gasteiger partial charge is 0.330 e. The molecule has 1 saturated carbocycles. The predicted molar refractivity (Wildman–Crippen MR) is 49.6 cm³/mol. The van der Waals surface area contributed by atoms with E-state index in [2.05, 4.69) is 0 Å². The molecular formula is C8H17NO2S. The van der Waals surface area contributed by atoms with Crippen LogP contribution in [0.15, 0.2) is 0 Å². The molecule has 2 atom stereocenters. The second-order valence-corrected chi connectivity index (χ2v) is 5.91. The van der Waals surface area contributed by atoms with Crippen LogP contribution >= 0.6 is 0 Å². The number of sulfone groups is 1. The third-order valence-electron chi connectivity index (χ3n) is 2.69. The van der Waals surface area contributed by atoms with Crippen molar-refractivity contribution in [2.75, 3.05) is 12.8 Å². The molecule has 0 aromatic rings. The van der Waals surface area contributed by atoms with Crippen LogP contribution in [0.4, 0.5) is 0 Å². The quantitative estimate of drug-likeness (QED) is 0.693. The minimum Gasteiger partial charge on any atom is -0.330 e. The zero-order valence-corrected chi connectivity index (χ0v) is 8.31. The molecule has 3 nitrogen and oxygen atoms in total. The Morgan fingerprint density at radius 3 is 2.33 bits per heavy atom. The summed E-state index contributed by atoms with van der Waals surface area (Å²) < 4.78 is 22.6. The molecule has 2 unspecified atom stereocenters. The van der Waals surface area contributed by atoms with E-state index >= 15 is 0 Å². The van der Waals surface area contributed by atoms with Crippen molar-refractivity contribution in [2.24, 2.45) is 11.7 Å². The second kappa shape index (κ2) is 3.75. The van der Waals surface area contributed by atoms with Crippen LogP contribution < -0.4 is 5.73 Å². The third-order valence-corrected chi connectivity index (χ3v) is 4.41. The van der Waals surface area contributed by atoms with Crippen molar-refractivity contribution in [3.63, 3.8) is 0 Å². The fourth-order valence-electron chi connectivity index (χ4n) is 2.01. The van der Waals surface area contributed by atoms with Gasteiger partial charge < -0.3 is 5.73 Å². The van der Waals surface area contributed by atoms with Gasteiger partial charge in [-0.15, -0.1) is 0 Å². The summed E-state index contributed by atoms with van der Waals surface area (Å²) in [7, 11) is -2.87. The van der Waals surface area contributed by atoms with Crippen molar-refractivity contribution in [3.05, 3.63) is 0 Å². The first kappa shape index (κ1) is 9.99. The molecule has 0 aromatic carbocycles. The van der Waals surface area contributed by atoms with E-state index in [0.29, 0.717) is 6.54 Å². The van der Waals surface area contributed by atoms with E-state index in [1.165, 1.54) is 6.26 Å². The van der Waals surface area contributed by atoms with Crippen molar-refractivity contribution in [2.45, 2.75) is 30.9 Å². The maximum atomic E-state index is 11.3. The highest BCUT2D eigenvalue weighted by Crippen LogP contribution is 2.28. The van der Waals surface area contributed by atoms with E-state index in [9.17, 15) is 8.42 Å². The molecule has 1 aliphatic rings. The minimum absolute atomic E-state index is 0.170. The molecule has 12 heavy (non-hydrogen) atoms. The standard InChI is InChI=1S/C8H17NO2S/c1-12(10,11)8-5-3-2-4-7(8)6-9/h7-8H,2-6,9H2,1H3. The summed E-state index contributed by atoms with van der Waals surface area (Å²) in [5, 5.41) is -0.170. The Morgan fingerprint density at radius 1 is 1.33 bits per heavy atom. The average molecular weight is 191 g/mol. The first-order chi connectivity index (χ1) is 5.55. The van der Waals surface area contributed by atoms with Gasteiger partial charge in [-0.05, 0) is 25.3 Å². The van der Waals surface area contributed by atoms with Crippen LogP contribution in [0.5, 0.6) is 0 Å². The first-order valence-corrected chi connectivity index (χ1v) is 6.40. The van der Waals surface area contributed by atoms with Crippen molar-refractivity contribution in [3.8, 4) is 0 Å². The molecule has 4 heteroatoms. The van der Waals surface area contributed by atoms with E-state index in [1.54, 1.807) is 0 Å². The lowest BCUT2D eigenvalue weighted by Gasteiger charge is -2.28. The van der Waals surface area contributed by atoms with Crippen LogP contribution in [0.1, 0.15) is 25.7 Å². The molecule has 0 heterocycles. The van der Waals surface area contributed by atoms with E-state index in [0.717, 1.165) is 25.7 Å². The van der Waals surface area contributed by atoms with Gasteiger partial charge in [0.1, 0.15) is 0 Å². The van der Waals surface area contributed by atoms with Crippen LogP contribution in [-0.4, -0.2) is 26.5 Å².